The van der Waals surface area contributed by atoms with Crippen molar-refractivity contribution < 1.29 is 4.52 Å². The van der Waals surface area contributed by atoms with Gasteiger partial charge < -0.3 is 10.3 Å². The first-order valence-electron chi connectivity index (χ1n) is 9.15. The van der Waals surface area contributed by atoms with Crippen molar-refractivity contribution in [3.63, 3.8) is 0 Å². The average molecular weight is 348 g/mol. The first kappa shape index (κ1) is 16.9. The smallest absolute Gasteiger partial charge is 0.260 e. The lowest BCUT2D eigenvalue weighted by atomic mass is 9.74. The van der Waals surface area contributed by atoms with Crippen LogP contribution in [-0.2, 0) is 19.3 Å². The Morgan fingerprint density at radius 1 is 1.15 bits per heavy atom. The zero-order valence-electron chi connectivity index (χ0n) is 15.3. The fourth-order valence-corrected chi connectivity index (χ4v) is 3.67. The molecule has 0 bridgehead atoms. The third-order valence-electron chi connectivity index (χ3n) is 5.17. The quantitative estimate of drug-likeness (QED) is 0.775. The number of fused-ring (bicyclic) bond motifs is 1. The van der Waals surface area contributed by atoms with Gasteiger partial charge in [0.2, 0.25) is 5.82 Å². The van der Waals surface area contributed by atoms with Gasteiger partial charge in [-0.25, -0.2) is 0 Å². The third kappa shape index (κ3) is 3.27. The van der Waals surface area contributed by atoms with E-state index in [1.807, 2.05) is 24.5 Å². The number of aromatic nitrogens is 3. The lowest BCUT2D eigenvalue weighted by Crippen LogP contribution is -2.22. The highest BCUT2D eigenvalue weighted by Gasteiger charge is 2.28. The molecule has 0 atom stereocenters. The van der Waals surface area contributed by atoms with E-state index in [0.717, 1.165) is 36.8 Å². The number of hydrogen-bond donors (Lipinski definition) is 1. The Balaban J connectivity index is 1.65. The Morgan fingerprint density at radius 3 is 2.73 bits per heavy atom. The van der Waals surface area contributed by atoms with Gasteiger partial charge >= 0.3 is 0 Å². The van der Waals surface area contributed by atoms with Crippen LogP contribution in [0.3, 0.4) is 0 Å². The van der Waals surface area contributed by atoms with Crippen LogP contribution in [0, 0.1) is 5.41 Å². The van der Waals surface area contributed by atoms with Crippen LogP contribution < -0.4 is 5.73 Å². The number of nitrogens with two attached hydrogens (primary N) is 1. The largest absolute Gasteiger partial charge is 0.334 e. The molecule has 5 nitrogen and oxygen atoms in total. The first-order chi connectivity index (χ1) is 12.6. The third-order valence-corrected chi connectivity index (χ3v) is 5.17. The second-order valence-corrected chi connectivity index (χ2v) is 7.82. The van der Waals surface area contributed by atoms with Crippen molar-refractivity contribution in [2.45, 2.75) is 39.5 Å². The Bertz CT molecular complexity index is 912. The molecule has 0 unspecified atom stereocenters. The van der Waals surface area contributed by atoms with E-state index in [9.17, 15) is 0 Å². The maximum atomic E-state index is 5.60. The van der Waals surface area contributed by atoms with Gasteiger partial charge in [0.15, 0.2) is 0 Å². The molecule has 1 aromatic carbocycles. The summed E-state index contributed by atoms with van der Waals surface area (Å²) in [5.41, 5.74) is 11.6. The highest BCUT2D eigenvalue weighted by Crippen LogP contribution is 2.38. The van der Waals surface area contributed by atoms with Crippen molar-refractivity contribution in [3.8, 4) is 22.8 Å². The van der Waals surface area contributed by atoms with Gasteiger partial charge in [0.05, 0.1) is 5.56 Å². The molecule has 2 N–H and O–H groups in total. The summed E-state index contributed by atoms with van der Waals surface area (Å²) in [7, 11) is 0. The molecule has 4 rings (SSSR count). The van der Waals surface area contributed by atoms with Gasteiger partial charge in [-0.3, -0.25) is 4.98 Å². The summed E-state index contributed by atoms with van der Waals surface area (Å²) in [5.74, 6) is 1.16. The molecular formula is C21H24N4O. The van der Waals surface area contributed by atoms with E-state index >= 15 is 0 Å². The van der Waals surface area contributed by atoms with Crippen LogP contribution in [0.2, 0.25) is 0 Å². The van der Waals surface area contributed by atoms with Gasteiger partial charge in [-0.1, -0.05) is 43.3 Å². The van der Waals surface area contributed by atoms with Crippen molar-refractivity contribution in [1.82, 2.24) is 15.1 Å². The molecule has 5 heteroatoms. The van der Waals surface area contributed by atoms with Gasteiger partial charge in [-0.05, 0) is 54.3 Å². The lowest BCUT2D eigenvalue weighted by Gasteiger charge is -2.31. The first-order valence-corrected chi connectivity index (χ1v) is 9.15. The maximum Gasteiger partial charge on any atom is 0.260 e. The van der Waals surface area contributed by atoms with Crippen molar-refractivity contribution in [2.24, 2.45) is 11.1 Å². The zero-order valence-corrected chi connectivity index (χ0v) is 15.3. The summed E-state index contributed by atoms with van der Waals surface area (Å²) in [6, 6.07) is 8.15. The Kier molecular flexibility index (Phi) is 4.32. The molecule has 0 radical (unpaired) electrons. The Hall–Kier alpha value is -2.53. The second kappa shape index (κ2) is 6.65. The van der Waals surface area contributed by atoms with Crippen LogP contribution >= 0.6 is 0 Å². The molecule has 0 aliphatic heterocycles. The van der Waals surface area contributed by atoms with Crippen molar-refractivity contribution >= 4 is 0 Å². The minimum atomic E-state index is 0.318. The fraction of sp³-hybridized carbons (Fsp3) is 0.381. The summed E-state index contributed by atoms with van der Waals surface area (Å²) < 4.78 is 5.58. The molecule has 2 aromatic heterocycles. The average Bonchev–Trinajstić information content (AvgIpc) is 3.11. The van der Waals surface area contributed by atoms with E-state index in [0.29, 0.717) is 23.7 Å². The number of benzene rings is 1. The van der Waals surface area contributed by atoms with Gasteiger partial charge in [0.1, 0.15) is 0 Å². The standard InChI is InChI=1S/C21H24N4O/c1-21(2)9-7-17-16(11-21)12-23-13-18(17)20-24-19(25-26-20)15-5-3-14(4-6-15)8-10-22/h3-6,12-13H,7-11,22H2,1-2H3. The summed E-state index contributed by atoms with van der Waals surface area (Å²) in [4.78, 5) is 9.04. The van der Waals surface area contributed by atoms with Crippen LogP contribution in [0.25, 0.3) is 22.8 Å². The Morgan fingerprint density at radius 2 is 1.96 bits per heavy atom. The molecule has 26 heavy (non-hydrogen) atoms. The van der Waals surface area contributed by atoms with E-state index in [1.54, 1.807) is 0 Å². The van der Waals surface area contributed by atoms with Crippen LogP contribution in [0.15, 0.2) is 41.2 Å². The van der Waals surface area contributed by atoms with E-state index in [4.69, 9.17) is 10.3 Å². The van der Waals surface area contributed by atoms with Gasteiger partial charge in [-0.2, -0.15) is 4.98 Å². The van der Waals surface area contributed by atoms with Gasteiger partial charge in [0, 0.05) is 18.0 Å². The van der Waals surface area contributed by atoms with Crippen molar-refractivity contribution in [3.05, 3.63) is 53.3 Å². The maximum absolute atomic E-state index is 5.60. The zero-order chi connectivity index (χ0) is 18.1. The second-order valence-electron chi connectivity index (χ2n) is 7.82. The predicted molar refractivity (Wildman–Crippen MR) is 102 cm³/mol. The minimum Gasteiger partial charge on any atom is -0.334 e. The molecule has 0 saturated heterocycles. The molecular weight excluding hydrogens is 324 g/mol. The molecule has 0 spiro atoms. The molecule has 1 aliphatic carbocycles. The lowest BCUT2D eigenvalue weighted by molar-refractivity contribution is 0.314. The van der Waals surface area contributed by atoms with Crippen LogP contribution in [0.5, 0.6) is 0 Å². The molecule has 134 valence electrons. The SMILES string of the molecule is CC1(C)CCc2c(cncc2-c2nc(-c3ccc(CCN)cc3)no2)C1. The van der Waals surface area contributed by atoms with E-state index in [2.05, 4.69) is 41.1 Å². The number of hydrogen-bond acceptors (Lipinski definition) is 5. The summed E-state index contributed by atoms with van der Waals surface area (Å²) in [6.07, 6.45) is 7.90. The van der Waals surface area contributed by atoms with Gasteiger partial charge in [-0.15, -0.1) is 0 Å². The number of pyridine rings is 1. The molecule has 1 aliphatic rings. The normalized spacial score (nSPS) is 15.7. The molecule has 0 amide bonds. The summed E-state index contributed by atoms with van der Waals surface area (Å²) in [5, 5.41) is 4.18. The van der Waals surface area contributed by atoms with E-state index in [1.165, 1.54) is 16.7 Å². The van der Waals surface area contributed by atoms with Crippen LogP contribution in [0.1, 0.15) is 37.0 Å². The monoisotopic (exact) mass is 348 g/mol. The highest BCUT2D eigenvalue weighted by atomic mass is 16.5. The topological polar surface area (TPSA) is 77.8 Å². The van der Waals surface area contributed by atoms with E-state index in [-0.39, 0.29) is 0 Å². The molecule has 2 heterocycles. The van der Waals surface area contributed by atoms with Gasteiger partial charge in [0.25, 0.3) is 5.89 Å². The van der Waals surface area contributed by atoms with E-state index < -0.39 is 0 Å². The Labute approximate surface area is 153 Å². The number of nitrogens with zero attached hydrogens (tertiary/aromatic N) is 3. The van der Waals surface area contributed by atoms with Crippen molar-refractivity contribution in [1.29, 1.82) is 0 Å². The predicted octanol–water partition coefficient (Wildman–Crippen LogP) is 3.81. The number of rotatable bonds is 4. The molecule has 3 aromatic rings. The summed E-state index contributed by atoms with van der Waals surface area (Å²) >= 11 is 0. The van der Waals surface area contributed by atoms with Crippen LogP contribution in [0.4, 0.5) is 0 Å². The highest BCUT2D eigenvalue weighted by molar-refractivity contribution is 5.63. The minimum absolute atomic E-state index is 0.318. The fourth-order valence-electron chi connectivity index (χ4n) is 3.67. The molecule has 0 fully saturated rings. The summed E-state index contributed by atoms with van der Waals surface area (Å²) in [6.45, 7) is 5.26. The van der Waals surface area contributed by atoms with Crippen molar-refractivity contribution in [2.75, 3.05) is 6.54 Å². The molecule has 0 saturated carbocycles. The van der Waals surface area contributed by atoms with Crippen LogP contribution in [-0.4, -0.2) is 21.7 Å².